The number of carbonyl (C=O) groups excluding carboxylic acids is 2. The van der Waals surface area contributed by atoms with Crippen molar-refractivity contribution < 1.29 is 14.7 Å². The molecule has 0 saturated carbocycles. The Bertz CT molecular complexity index is 1070. The number of hydrogen-bond donors (Lipinski definition) is 1. The highest BCUT2D eigenvalue weighted by Crippen LogP contribution is 2.24. The monoisotopic (exact) mass is 414 g/mol. The van der Waals surface area contributed by atoms with Gasteiger partial charge in [0.05, 0.1) is 5.56 Å². The van der Waals surface area contributed by atoms with E-state index < -0.39 is 0 Å². The first-order valence-electron chi connectivity index (χ1n) is 10.5. The van der Waals surface area contributed by atoms with Gasteiger partial charge < -0.3 is 14.9 Å². The molecule has 0 bridgehead atoms. The highest BCUT2D eigenvalue weighted by atomic mass is 16.3. The van der Waals surface area contributed by atoms with E-state index in [-0.39, 0.29) is 17.4 Å². The quantitative estimate of drug-likeness (QED) is 0.637. The van der Waals surface area contributed by atoms with E-state index in [1.165, 1.54) is 0 Å². The summed E-state index contributed by atoms with van der Waals surface area (Å²) in [5.74, 6) is -0.0701. The smallest absolute Gasteiger partial charge is 0.257 e. The summed E-state index contributed by atoms with van der Waals surface area (Å²) < 4.78 is 0. The third kappa shape index (κ3) is 4.77. The number of carbonyl (C=O) groups is 2. The molecule has 158 valence electrons. The number of aromatic hydroxyl groups is 1. The number of phenols is 1. The van der Waals surface area contributed by atoms with Crippen LogP contribution in [-0.2, 0) is 6.42 Å². The first-order valence-corrected chi connectivity index (χ1v) is 10.5. The van der Waals surface area contributed by atoms with Crippen LogP contribution in [0.1, 0.15) is 38.8 Å². The molecule has 31 heavy (non-hydrogen) atoms. The number of benzene rings is 3. The minimum Gasteiger partial charge on any atom is -0.507 e. The molecule has 4 rings (SSSR count). The largest absolute Gasteiger partial charge is 0.507 e. The molecule has 5 nitrogen and oxygen atoms in total. The van der Waals surface area contributed by atoms with Crippen molar-refractivity contribution in [1.29, 1.82) is 0 Å². The zero-order valence-corrected chi connectivity index (χ0v) is 17.6. The van der Waals surface area contributed by atoms with E-state index in [1.807, 2.05) is 48.5 Å². The Morgan fingerprint density at radius 2 is 1.52 bits per heavy atom. The molecule has 0 unspecified atom stereocenters. The molecule has 0 aliphatic carbocycles. The molecule has 0 spiro atoms. The molecule has 3 aromatic rings. The normalized spacial score (nSPS) is 13.8. The van der Waals surface area contributed by atoms with Crippen LogP contribution in [0.3, 0.4) is 0 Å². The summed E-state index contributed by atoms with van der Waals surface area (Å²) in [7, 11) is 0. The molecule has 1 aliphatic heterocycles. The number of phenolic OH excluding ortho intramolecular Hbond substituents is 1. The van der Waals surface area contributed by atoms with Crippen LogP contribution in [0.5, 0.6) is 5.75 Å². The maximum atomic E-state index is 13.1. The van der Waals surface area contributed by atoms with E-state index in [1.54, 1.807) is 24.0 Å². The number of rotatable bonds is 5. The molecule has 3 aromatic carbocycles. The van der Waals surface area contributed by atoms with Crippen molar-refractivity contribution in [3.05, 3.63) is 95.1 Å². The third-order valence-electron chi connectivity index (χ3n) is 5.75. The highest BCUT2D eigenvalue weighted by Gasteiger charge is 2.24. The van der Waals surface area contributed by atoms with Crippen molar-refractivity contribution in [3.8, 4) is 5.75 Å². The van der Waals surface area contributed by atoms with Crippen molar-refractivity contribution in [2.24, 2.45) is 0 Å². The topological polar surface area (TPSA) is 60.9 Å². The van der Waals surface area contributed by atoms with E-state index in [4.69, 9.17) is 0 Å². The van der Waals surface area contributed by atoms with Gasteiger partial charge in [0.25, 0.3) is 5.91 Å². The number of anilines is 1. The maximum absolute atomic E-state index is 13.1. The van der Waals surface area contributed by atoms with E-state index in [9.17, 15) is 14.7 Å². The zero-order chi connectivity index (χ0) is 21.8. The van der Waals surface area contributed by atoms with Crippen molar-refractivity contribution in [2.45, 2.75) is 13.3 Å². The summed E-state index contributed by atoms with van der Waals surface area (Å²) in [6.07, 6.45) is 0.714. The molecule has 0 radical (unpaired) electrons. The SMILES string of the molecule is CC(=O)c1ccc(N2CCN(C(=O)c3cc(Cc4ccccc4)ccc3O)CC2)cc1. The van der Waals surface area contributed by atoms with Gasteiger partial charge in [0.2, 0.25) is 0 Å². The molecule has 0 atom stereocenters. The average Bonchev–Trinajstić information content (AvgIpc) is 2.81. The van der Waals surface area contributed by atoms with Gasteiger partial charge in [-0.3, -0.25) is 9.59 Å². The van der Waals surface area contributed by atoms with Gasteiger partial charge in [0, 0.05) is 37.4 Å². The van der Waals surface area contributed by atoms with Crippen molar-refractivity contribution in [1.82, 2.24) is 4.90 Å². The van der Waals surface area contributed by atoms with Gasteiger partial charge in [-0.25, -0.2) is 0 Å². The van der Waals surface area contributed by atoms with Crippen LogP contribution in [0.2, 0.25) is 0 Å². The van der Waals surface area contributed by atoms with E-state index in [2.05, 4.69) is 17.0 Å². The maximum Gasteiger partial charge on any atom is 0.257 e. The number of nitrogens with zero attached hydrogens (tertiary/aromatic N) is 2. The summed E-state index contributed by atoms with van der Waals surface area (Å²) in [5, 5.41) is 10.3. The molecule has 1 aliphatic rings. The molecule has 1 saturated heterocycles. The second kappa shape index (κ2) is 9.04. The molecule has 1 heterocycles. The van der Waals surface area contributed by atoms with E-state index in [0.717, 1.165) is 16.8 Å². The first-order chi connectivity index (χ1) is 15.0. The van der Waals surface area contributed by atoms with Crippen LogP contribution in [-0.4, -0.2) is 47.9 Å². The number of piperazine rings is 1. The second-order valence-electron chi connectivity index (χ2n) is 7.90. The Morgan fingerprint density at radius 1 is 0.839 bits per heavy atom. The predicted octanol–water partition coefficient (Wildman–Crippen LogP) is 4.15. The van der Waals surface area contributed by atoms with Crippen molar-refractivity contribution in [2.75, 3.05) is 31.1 Å². The Kier molecular flexibility index (Phi) is 6.03. The molecule has 1 amide bonds. The summed E-state index contributed by atoms with van der Waals surface area (Å²) in [6, 6.07) is 22.9. The van der Waals surface area contributed by atoms with Gasteiger partial charge >= 0.3 is 0 Å². The van der Waals surface area contributed by atoms with Gasteiger partial charge in [-0.2, -0.15) is 0 Å². The lowest BCUT2D eigenvalue weighted by atomic mass is 10.0. The number of ketones is 1. The fraction of sp³-hybridized carbons (Fsp3) is 0.231. The van der Waals surface area contributed by atoms with Crippen LogP contribution in [0.4, 0.5) is 5.69 Å². The lowest BCUT2D eigenvalue weighted by molar-refractivity contribution is 0.0743. The average molecular weight is 415 g/mol. The van der Waals surface area contributed by atoms with E-state index in [0.29, 0.717) is 43.7 Å². The van der Waals surface area contributed by atoms with E-state index >= 15 is 0 Å². The third-order valence-corrected chi connectivity index (χ3v) is 5.75. The number of Topliss-reactive ketones (excluding diaryl/α,β-unsaturated/α-hetero) is 1. The molecule has 0 aromatic heterocycles. The fourth-order valence-electron chi connectivity index (χ4n) is 3.94. The Balaban J connectivity index is 1.42. The predicted molar refractivity (Wildman–Crippen MR) is 122 cm³/mol. The molecular formula is C26H26N2O3. The lowest BCUT2D eigenvalue weighted by Gasteiger charge is -2.36. The first kappa shape index (κ1) is 20.7. The molecular weight excluding hydrogens is 388 g/mol. The van der Waals surface area contributed by atoms with Crippen LogP contribution in [0, 0.1) is 0 Å². The van der Waals surface area contributed by atoms with Crippen LogP contribution >= 0.6 is 0 Å². The minimum atomic E-state index is -0.140. The Labute approximate surface area is 182 Å². The minimum absolute atomic E-state index is 0.0177. The molecule has 1 N–H and O–H groups in total. The van der Waals surface area contributed by atoms with Gasteiger partial charge in [-0.05, 0) is 60.9 Å². The van der Waals surface area contributed by atoms with Gasteiger partial charge in [0.15, 0.2) is 5.78 Å². The summed E-state index contributed by atoms with van der Waals surface area (Å²) in [4.78, 5) is 28.6. The lowest BCUT2D eigenvalue weighted by Crippen LogP contribution is -2.48. The van der Waals surface area contributed by atoms with Gasteiger partial charge in [0.1, 0.15) is 5.75 Å². The zero-order valence-electron chi connectivity index (χ0n) is 17.6. The van der Waals surface area contributed by atoms with Crippen LogP contribution < -0.4 is 4.90 Å². The number of amides is 1. The summed E-state index contributed by atoms with van der Waals surface area (Å²) in [6.45, 7) is 4.13. The van der Waals surface area contributed by atoms with Gasteiger partial charge in [-0.1, -0.05) is 36.4 Å². The fourth-order valence-corrected chi connectivity index (χ4v) is 3.94. The molecule has 1 fully saturated rings. The molecule has 5 heteroatoms. The van der Waals surface area contributed by atoms with Crippen LogP contribution in [0.15, 0.2) is 72.8 Å². The van der Waals surface area contributed by atoms with Crippen molar-refractivity contribution in [3.63, 3.8) is 0 Å². The van der Waals surface area contributed by atoms with Gasteiger partial charge in [-0.15, -0.1) is 0 Å². The van der Waals surface area contributed by atoms with Crippen molar-refractivity contribution >= 4 is 17.4 Å². The standard InChI is InChI=1S/C26H26N2O3/c1-19(29)22-8-10-23(11-9-22)27-13-15-28(16-14-27)26(31)24-18-21(7-12-25(24)30)17-20-5-3-2-4-6-20/h2-12,18,30H,13-17H2,1H3. The van der Waals surface area contributed by atoms with Crippen LogP contribution in [0.25, 0.3) is 0 Å². The Morgan fingerprint density at radius 3 is 2.16 bits per heavy atom. The Hall–Kier alpha value is -3.60. The second-order valence-corrected chi connectivity index (χ2v) is 7.90. The highest BCUT2D eigenvalue weighted by molar-refractivity contribution is 5.97. The summed E-state index contributed by atoms with van der Waals surface area (Å²) in [5.41, 5.74) is 4.26. The number of hydrogen-bond acceptors (Lipinski definition) is 4. The summed E-state index contributed by atoms with van der Waals surface area (Å²) >= 11 is 0.